The van der Waals surface area contributed by atoms with Gasteiger partial charge in [-0.1, -0.05) is 163 Å². The van der Waals surface area contributed by atoms with Crippen LogP contribution in [0.25, 0.3) is 44.5 Å². The zero-order valence-corrected chi connectivity index (χ0v) is 36.7. The van der Waals surface area contributed by atoms with Gasteiger partial charge in [-0.15, -0.1) is 0 Å². The Morgan fingerprint density at radius 2 is 0.786 bits per heavy atom. The van der Waals surface area contributed by atoms with Gasteiger partial charge in [0.15, 0.2) is 12.6 Å². The van der Waals surface area contributed by atoms with E-state index in [4.69, 9.17) is 9.47 Å². The molecule has 5 rings (SSSR count). The van der Waals surface area contributed by atoms with Crippen LogP contribution in [0.5, 0.6) is 11.5 Å². The standard InChI is InChI=1S/C52H66O4/c1-16-34-29-43(35-17-21-37(22-18-35)49(4,5)6)47(41-27-25-39(51(10,11)12)30-44(41)55-32(2)53)48(46(34)36-19-23-38(24-20-36)50(7,8)9)42-28-26-40(52(13,14)15)31-45(42)56-33(3)54/h17-33,53-54H,16H2,1-15H3. The largest absolute Gasteiger partial charge is 0.465 e. The van der Waals surface area contributed by atoms with Gasteiger partial charge in [0.2, 0.25) is 0 Å². The van der Waals surface area contributed by atoms with E-state index in [1.165, 1.54) is 16.7 Å². The molecule has 0 saturated carbocycles. The molecule has 5 aromatic rings. The van der Waals surface area contributed by atoms with Crippen LogP contribution in [-0.2, 0) is 28.1 Å². The summed E-state index contributed by atoms with van der Waals surface area (Å²) in [4.78, 5) is 0. The molecule has 0 aliphatic heterocycles. The normalized spacial score (nSPS) is 13.7. The zero-order valence-electron chi connectivity index (χ0n) is 36.7. The van der Waals surface area contributed by atoms with Gasteiger partial charge < -0.3 is 19.7 Å². The molecule has 0 radical (unpaired) electrons. The van der Waals surface area contributed by atoms with Crippen LogP contribution in [0.15, 0.2) is 91.0 Å². The topological polar surface area (TPSA) is 58.9 Å². The number of aliphatic hydroxyl groups excluding tert-OH is 2. The van der Waals surface area contributed by atoms with Gasteiger partial charge in [-0.3, -0.25) is 0 Å². The number of aliphatic hydroxyl groups is 2. The van der Waals surface area contributed by atoms with E-state index in [1.807, 2.05) is 0 Å². The van der Waals surface area contributed by atoms with Crippen molar-refractivity contribution in [1.82, 2.24) is 0 Å². The molecule has 2 unspecified atom stereocenters. The average molecular weight is 755 g/mol. The van der Waals surface area contributed by atoms with Crippen molar-refractivity contribution in [3.8, 4) is 56.0 Å². The highest BCUT2D eigenvalue weighted by Crippen LogP contribution is 2.53. The molecule has 56 heavy (non-hydrogen) atoms. The molecule has 0 fully saturated rings. The van der Waals surface area contributed by atoms with Crippen molar-refractivity contribution in [2.75, 3.05) is 0 Å². The highest BCUT2D eigenvalue weighted by Gasteiger charge is 2.29. The third-order valence-electron chi connectivity index (χ3n) is 10.7. The Hall–Kier alpha value is -4.38. The Labute approximate surface area is 338 Å². The van der Waals surface area contributed by atoms with Crippen molar-refractivity contribution in [3.05, 3.63) is 119 Å². The predicted molar refractivity (Wildman–Crippen MR) is 237 cm³/mol. The number of aryl methyl sites for hydroxylation is 1. The van der Waals surface area contributed by atoms with Crippen LogP contribution >= 0.6 is 0 Å². The molecule has 4 heteroatoms. The van der Waals surface area contributed by atoms with Crippen LogP contribution in [0.3, 0.4) is 0 Å². The van der Waals surface area contributed by atoms with E-state index in [0.717, 1.165) is 62.1 Å². The molecule has 0 heterocycles. The summed E-state index contributed by atoms with van der Waals surface area (Å²) in [5.74, 6) is 1.21. The smallest absolute Gasteiger partial charge is 0.194 e. The first-order valence-electron chi connectivity index (χ1n) is 20.3. The van der Waals surface area contributed by atoms with E-state index in [1.54, 1.807) is 13.8 Å². The minimum Gasteiger partial charge on any atom is -0.465 e. The fourth-order valence-electron chi connectivity index (χ4n) is 7.36. The molecule has 0 aliphatic carbocycles. The van der Waals surface area contributed by atoms with Crippen molar-refractivity contribution in [1.29, 1.82) is 0 Å². The summed E-state index contributed by atoms with van der Waals surface area (Å²) in [6.07, 6.45) is -1.30. The van der Waals surface area contributed by atoms with Crippen molar-refractivity contribution in [2.45, 2.75) is 145 Å². The lowest BCUT2D eigenvalue weighted by Gasteiger charge is -2.29. The van der Waals surface area contributed by atoms with E-state index in [9.17, 15) is 10.2 Å². The lowest BCUT2D eigenvalue weighted by molar-refractivity contribution is -0.000619. The molecule has 0 saturated heterocycles. The van der Waals surface area contributed by atoms with Crippen molar-refractivity contribution in [3.63, 3.8) is 0 Å². The van der Waals surface area contributed by atoms with Gasteiger partial charge in [0.1, 0.15) is 11.5 Å². The lowest BCUT2D eigenvalue weighted by Crippen LogP contribution is -2.15. The van der Waals surface area contributed by atoms with Gasteiger partial charge >= 0.3 is 0 Å². The summed E-state index contributed by atoms with van der Waals surface area (Å²) in [5.41, 5.74) is 13.6. The van der Waals surface area contributed by atoms with Crippen LogP contribution < -0.4 is 9.47 Å². The maximum atomic E-state index is 10.9. The summed E-state index contributed by atoms with van der Waals surface area (Å²) < 4.78 is 12.8. The highest BCUT2D eigenvalue weighted by atomic mass is 16.6. The minimum absolute atomic E-state index is 0.00668. The molecule has 0 amide bonds. The number of hydrogen-bond acceptors (Lipinski definition) is 4. The number of ether oxygens (including phenoxy) is 2. The van der Waals surface area contributed by atoms with Gasteiger partial charge in [-0.05, 0) is 110 Å². The second-order valence-corrected chi connectivity index (χ2v) is 19.6. The number of benzene rings is 5. The Morgan fingerprint density at radius 3 is 1.14 bits per heavy atom. The molecule has 2 N–H and O–H groups in total. The van der Waals surface area contributed by atoms with Crippen LogP contribution in [-0.4, -0.2) is 22.8 Å². The first-order chi connectivity index (χ1) is 25.9. The van der Waals surface area contributed by atoms with Crippen LogP contribution in [0.4, 0.5) is 0 Å². The Kier molecular flexibility index (Phi) is 12.1. The Morgan fingerprint density at radius 1 is 0.429 bits per heavy atom. The molecule has 0 aromatic heterocycles. The molecular weight excluding hydrogens is 689 g/mol. The maximum Gasteiger partial charge on any atom is 0.194 e. The molecule has 0 aliphatic rings. The summed E-state index contributed by atoms with van der Waals surface area (Å²) in [6.45, 7) is 32.1. The first kappa shape index (κ1) is 42.8. The lowest BCUT2D eigenvalue weighted by atomic mass is 9.77. The van der Waals surface area contributed by atoms with Crippen molar-refractivity contribution >= 4 is 0 Å². The fraction of sp³-hybridized carbons (Fsp3) is 0.423. The van der Waals surface area contributed by atoms with Gasteiger partial charge in [0.25, 0.3) is 0 Å². The SMILES string of the molecule is CCc1cc(-c2ccc(C(C)(C)C)cc2)c(-c2ccc(C(C)(C)C)cc2OC(C)O)c(-c2ccc(C(C)(C)C)cc2OC(C)O)c1-c1ccc(C(C)(C)C)cc1. The summed E-state index contributed by atoms with van der Waals surface area (Å²) in [7, 11) is 0. The van der Waals surface area contributed by atoms with Crippen LogP contribution in [0, 0.1) is 0 Å². The van der Waals surface area contributed by atoms with Crippen molar-refractivity contribution < 1.29 is 19.7 Å². The van der Waals surface area contributed by atoms with E-state index in [-0.39, 0.29) is 21.7 Å². The zero-order chi connectivity index (χ0) is 41.5. The summed E-state index contributed by atoms with van der Waals surface area (Å²) in [6, 6.07) is 33.1. The number of hydrogen-bond donors (Lipinski definition) is 2. The minimum atomic E-state index is -1.04. The van der Waals surface area contributed by atoms with E-state index in [0.29, 0.717) is 11.5 Å². The molecule has 298 valence electrons. The van der Waals surface area contributed by atoms with Gasteiger partial charge in [-0.2, -0.15) is 0 Å². The number of rotatable bonds is 9. The monoisotopic (exact) mass is 754 g/mol. The molecule has 2 atom stereocenters. The molecule has 0 spiro atoms. The van der Waals surface area contributed by atoms with E-state index >= 15 is 0 Å². The molecular formula is C52H66O4. The van der Waals surface area contributed by atoms with Crippen LogP contribution in [0.1, 0.15) is 132 Å². The van der Waals surface area contributed by atoms with Gasteiger partial charge in [-0.25, -0.2) is 0 Å². The molecule has 5 aromatic carbocycles. The Bertz CT molecular complexity index is 2140. The third-order valence-corrected chi connectivity index (χ3v) is 10.7. The maximum absolute atomic E-state index is 10.9. The first-order valence-corrected chi connectivity index (χ1v) is 20.3. The second-order valence-electron chi connectivity index (χ2n) is 19.6. The van der Waals surface area contributed by atoms with Crippen LogP contribution in [0.2, 0.25) is 0 Å². The average Bonchev–Trinajstić information content (AvgIpc) is 3.09. The Balaban J connectivity index is 2.07. The molecule has 0 bridgehead atoms. The molecule has 4 nitrogen and oxygen atoms in total. The predicted octanol–water partition coefficient (Wildman–Crippen LogP) is 13.5. The quantitative estimate of drug-likeness (QED) is 0.147. The summed E-state index contributed by atoms with van der Waals surface area (Å²) in [5, 5.41) is 21.7. The third kappa shape index (κ3) is 9.41. The van der Waals surface area contributed by atoms with E-state index in [2.05, 4.69) is 181 Å². The van der Waals surface area contributed by atoms with E-state index < -0.39 is 12.6 Å². The van der Waals surface area contributed by atoms with Gasteiger partial charge in [0, 0.05) is 22.3 Å². The summed E-state index contributed by atoms with van der Waals surface area (Å²) >= 11 is 0. The highest BCUT2D eigenvalue weighted by molar-refractivity contribution is 6.05. The van der Waals surface area contributed by atoms with Crippen molar-refractivity contribution in [2.24, 2.45) is 0 Å². The van der Waals surface area contributed by atoms with Gasteiger partial charge in [0.05, 0.1) is 0 Å². The fourth-order valence-corrected chi connectivity index (χ4v) is 7.36. The second kappa shape index (κ2) is 15.9.